The average Bonchev–Trinajstić information content (AvgIpc) is 2.89. The fourth-order valence-corrected chi connectivity index (χ4v) is 2.44. The Morgan fingerprint density at radius 1 is 1.33 bits per heavy atom. The molecule has 0 aliphatic rings. The van der Waals surface area contributed by atoms with Crippen molar-refractivity contribution in [2.75, 3.05) is 14.1 Å². The van der Waals surface area contributed by atoms with E-state index in [0.717, 1.165) is 0 Å². The minimum atomic E-state index is -0.656. The summed E-state index contributed by atoms with van der Waals surface area (Å²) in [6, 6.07) is 4.16. The van der Waals surface area contributed by atoms with E-state index in [1.165, 1.54) is 35.3 Å². The van der Waals surface area contributed by atoms with Gasteiger partial charge >= 0.3 is 5.97 Å². The number of rotatable bonds is 3. The molecule has 21 heavy (non-hydrogen) atoms. The van der Waals surface area contributed by atoms with Crippen molar-refractivity contribution < 1.29 is 18.7 Å². The van der Waals surface area contributed by atoms with Crippen LogP contribution >= 0.6 is 11.3 Å². The van der Waals surface area contributed by atoms with Crippen molar-refractivity contribution in [3.63, 3.8) is 0 Å². The number of esters is 1. The van der Waals surface area contributed by atoms with Crippen LogP contribution in [0.2, 0.25) is 0 Å². The summed E-state index contributed by atoms with van der Waals surface area (Å²) >= 11 is 1.19. The number of benzene rings is 1. The topological polar surface area (TPSA) is 59.5 Å². The Balaban J connectivity index is 2.29. The highest BCUT2D eigenvalue weighted by Crippen LogP contribution is 2.27. The maximum atomic E-state index is 13.8. The van der Waals surface area contributed by atoms with E-state index in [-0.39, 0.29) is 11.7 Å². The first-order chi connectivity index (χ1) is 9.88. The molecule has 0 spiro atoms. The molecule has 1 amide bonds. The summed E-state index contributed by atoms with van der Waals surface area (Å²) < 4.78 is 18.5. The second-order valence-electron chi connectivity index (χ2n) is 4.48. The number of hydrogen-bond donors (Lipinski definition) is 0. The predicted molar refractivity (Wildman–Crippen MR) is 76.8 cm³/mol. The van der Waals surface area contributed by atoms with Crippen LogP contribution in [0.5, 0.6) is 5.75 Å². The van der Waals surface area contributed by atoms with E-state index < -0.39 is 11.8 Å². The molecule has 5 nitrogen and oxygen atoms in total. The van der Waals surface area contributed by atoms with Crippen LogP contribution in [0, 0.1) is 5.82 Å². The Bertz CT molecular complexity index is 697. The van der Waals surface area contributed by atoms with Crippen molar-refractivity contribution in [1.82, 2.24) is 9.88 Å². The molecule has 1 heterocycles. The van der Waals surface area contributed by atoms with Crippen molar-refractivity contribution in [2.24, 2.45) is 0 Å². The van der Waals surface area contributed by atoms with Crippen molar-refractivity contribution in [3.05, 3.63) is 34.4 Å². The quantitative estimate of drug-likeness (QED) is 0.646. The van der Waals surface area contributed by atoms with Gasteiger partial charge in [-0.1, -0.05) is 0 Å². The molecule has 110 valence electrons. The summed E-state index contributed by atoms with van der Waals surface area (Å²) in [5.41, 5.74) is 1.01. The fraction of sp³-hybridized carbons (Fsp3) is 0.214. The van der Waals surface area contributed by atoms with E-state index in [2.05, 4.69) is 4.98 Å². The molecule has 0 aliphatic heterocycles. The summed E-state index contributed by atoms with van der Waals surface area (Å²) in [6.07, 6.45) is 0. The first kappa shape index (κ1) is 15.1. The number of thiazole rings is 1. The van der Waals surface area contributed by atoms with E-state index in [1.54, 1.807) is 25.5 Å². The number of amides is 1. The van der Waals surface area contributed by atoms with Gasteiger partial charge in [0.1, 0.15) is 0 Å². The van der Waals surface area contributed by atoms with Crippen LogP contribution in [0.25, 0.3) is 11.3 Å². The van der Waals surface area contributed by atoms with Gasteiger partial charge in [0.25, 0.3) is 5.91 Å². The molecule has 0 radical (unpaired) electrons. The second-order valence-corrected chi connectivity index (χ2v) is 5.33. The monoisotopic (exact) mass is 308 g/mol. The maximum Gasteiger partial charge on any atom is 0.308 e. The molecule has 0 atom stereocenters. The summed E-state index contributed by atoms with van der Waals surface area (Å²) in [5, 5.41) is 2.01. The first-order valence-electron chi connectivity index (χ1n) is 6.04. The van der Waals surface area contributed by atoms with Crippen molar-refractivity contribution >= 4 is 23.2 Å². The lowest BCUT2D eigenvalue weighted by Crippen LogP contribution is -2.21. The van der Waals surface area contributed by atoms with Crippen LogP contribution in [-0.4, -0.2) is 35.9 Å². The first-order valence-corrected chi connectivity index (χ1v) is 6.92. The normalized spacial score (nSPS) is 10.3. The van der Waals surface area contributed by atoms with Gasteiger partial charge in [-0.15, -0.1) is 11.3 Å². The summed E-state index contributed by atoms with van der Waals surface area (Å²) in [4.78, 5) is 28.2. The van der Waals surface area contributed by atoms with Crippen LogP contribution in [0.4, 0.5) is 4.39 Å². The second kappa shape index (κ2) is 6.01. The Morgan fingerprint density at radius 2 is 2.05 bits per heavy atom. The van der Waals surface area contributed by atoms with Crippen LogP contribution in [0.3, 0.4) is 0 Å². The molecule has 0 aliphatic carbocycles. The zero-order valence-corrected chi connectivity index (χ0v) is 12.5. The largest absolute Gasteiger partial charge is 0.424 e. The zero-order chi connectivity index (χ0) is 15.6. The molecule has 0 saturated heterocycles. The van der Waals surface area contributed by atoms with E-state index in [4.69, 9.17) is 4.74 Å². The number of hydrogen-bond acceptors (Lipinski definition) is 5. The fourth-order valence-electron chi connectivity index (χ4n) is 1.59. The van der Waals surface area contributed by atoms with Crippen LogP contribution in [0.15, 0.2) is 23.6 Å². The smallest absolute Gasteiger partial charge is 0.308 e. The van der Waals surface area contributed by atoms with Gasteiger partial charge in [-0.25, -0.2) is 9.37 Å². The molecule has 7 heteroatoms. The number of aromatic nitrogens is 1. The van der Waals surface area contributed by atoms with Gasteiger partial charge in [-0.3, -0.25) is 9.59 Å². The van der Waals surface area contributed by atoms with E-state index in [1.807, 2.05) is 0 Å². The molecule has 2 aromatic rings. The summed E-state index contributed by atoms with van der Waals surface area (Å²) in [5.74, 6) is -1.58. The summed E-state index contributed by atoms with van der Waals surface area (Å²) in [7, 11) is 3.27. The van der Waals surface area contributed by atoms with Gasteiger partial charge in [-0.05, 0) is 18.2 Å². The molecule has 1 aromatic heterocycles. The third kappa shape index (κ3) is 3.43. The molecule has 0 N–H and O–H groups in total. The zero-order valence-electron chi connectivity index (χ0n) is 11.7. The maximum absolute atomic E-state index is 13.8. The van der Waals surface area contributed by atoms with Gasteiger partial charge in [-0.2, -0.15) is 0 Å². The molecule has 2 rings (SSSR count). The standard InChI is InChI=1S/C14H13FN2O3S/c1-8(18)20-12-5-4-9(6-10(12)15)11-7-21-13(16-11)14(19)17(2)3/h4-7H,1-3H3. The molecular formula is C14H13FN2O3S. The van der Waals surface area contributed by atoms with Gasteiger partial charge in [0.2, 0.25) is 0 Å². The third-order valence-corrected chi connectivity index (χ3v) is 3.40. The predicted octanol–water partition coefficient (Wildman–Crippen LogP) is 2.58. The number of carbonyl (C=O) groups excluding carboxylic acids is 2. The average molecular weight is 308 g/mol. The SMILES string of the molecule is CC(=O)Oc1ccc(-c2csc(C(=O)N(C)C)n2)cc1F. The number of ether oxygens (including phenoxy) is 1. The Kier molecular flexibility index (Phi) is 4.32. The molecular weight excluding hydrogens is 295 g/mol. The highest BCUT2D eigenvalue weighted by Gasteiger charge is 2.15. The van der Waals surface area contributed by atoms with Crippen molar-refractivity contribution in [2.45, 2.75) is 6.92 Å². The highest BCUT2D eigenvalue weighted by atomic mass is 32.1. The third-order valence-electron chi connectivity index (χ3n) is 2.57. The van der Waals surface area contributed by atoms with Gasteiger partial charge in [0.05, 0.1) is 5.69 Å². The van der Waals surface area contributed by atoms with Crippen LogP contribution in [0.1, 0.15) is 16.7 Å². The highest BCUT2D eigenvalue weighted by molar-refractivity contribution is 7.12. The molecule has 0 unspecified atom stereocenters. The van der Waals surface area contributed by atoms with Crippen molar-refractivity contribution in [3.8, 4) is 17.0 Å². The van der Waals surface area contributed by atoms with Crippen molar-refractivity contribution in [1.29, 1.82) is 0 Å². The van der Waals surface area contributed by atoms with Gasteiger partial charge in [0, 0.05) is 32.0 Å². The Hall–Kier alpha value is -2.28. The number of halogens is 1. The lowest BCUT2D eigenvalue weighted by molar-refractivity contribution is -0.132. The molecule has 0 bridgehead atoms. The molecule has 0 fully saturated rings. The summed E-state index contributed by atoms with van der Waals surface area (Å²) in [6.45, 7) is 1.20. The minimum absolute atomic E-state index is 0.133. The van der Waals surface area contributed by atoms with Crippen LogP contribution < -0.4 is 4.74 Å². The lowest BCUT2D eigenvalue weighted by atomic mass is 10.1. The van der Waals surface area contributed by atoms with Gasteiger partial charge in [0.15, 0.2) is 16.6 Å². The lowest BCUT2D eigenvalue weighted by Gasteiger charge is -2.06. The number of carbonyl (C=O) groups is 2. The Labute approximate surface area is 125 Å². The Morgan fingerprint density at radius 3 is 2.62 bits per heavy atom. The van der Waals surface area contributed by atoms with E-state index in [0.29, 0.717) is 16.3 Å². The molecule has 1 aromatic carbocycles. The van der Waals surface area contributed by atoms with Gasteiger partial charge < -0.3 is 9.64 Å². The number of nitrogens with zero attached hydrogens (tertiary/aromatic N) is 2. The van der Waals surface area contributed by atoms with E-state index in [9.17, 15) is 14.0 Å². The van der Waals surface area contributed by atoms with E-state index >= 15 is 0 Å². The minimum Gasteiger partial charge on any atom is -0.424 e. The molecule has 0 saturated carbocycles. The van der Waals surface area contributed by atoms with Crippen LogP contribution in [-0.2, 0) is 4.79 Å².